The van der Waals surface area contributed by atoms with Crippen LogP contribution in [0.4, 0.5) is 96.6 Å². The highest BCUT2D eigenvalue weighted by Crippen LogP contribution is 2.72. The van der Waals surface area contributed by atoms with Crippen molar-refractivity contribution in [2.24, 2.45) is 0 Å². The summed E-state index contributed by atoms with van der Waals surface area (Å²) in [5, 5.41) is 0. The first-order chi connectivity index (χ1) is 16.7. The third-order valence-corrected chi connectivity index (χ3v) is 6.69. The monoisotopic (exact) mass is 632 g/mol. The zero-order valence-corrected chi connectivity index (χ0v) is 17.9. The van der Waals surface area contributed by atoms with Crippen LogP contribution in [0.3, 0.4) is 0 Å². The second-order valence-electron chi connectivity index (χ2n) is 8.91. The Hall–Kier alpha value is -1.54. The van der Waals surface area contributed by atoms with Crippen molar-refractivity contribution in [1.29, 1.82) is 0 Å². The first-order valence-corrected chi connectivity index (χ1v) is 9.86. The number of unbranched alkanes of at least 4 members (excludes halogenated alkanes) is 2. The van der Waals surface area contributed by atoms with Gasteiger partial charge in [0.1, 0.15) is 0 Å². The van der Waals surface area contributed by atoms with E-state index in [-0.39, 0.29) is 0 Å². The SMILES string of the molecule is FC1(F)C(F)(F)C(F)(F)C(F)(CCCCCC2(F)C(F)(F)C(F)(F)C(F)(F)C(F)(F)C2(F)F)C(F)(F)C1(F)F. The van der Waals surface area contributed by atoms with E-state index >= 15 is 0 Å². The molecule has 2 rings (SSSR count). The predicted octanol–water partition coefficient (Wildman–Crippen LogP) is 8.73. The summed E-state index contributed by atoms with van der Waals surface area (Å²) in [5.41, 5.74) is -13.2. The van der Waals surface area contributed by atoms with Gasteiger partial charge in [0, 0.05) is 0 Å². The van der Waals surface area contributed by atoms with Crippen molar-refractivity contribution >= 4 is 0 Å². The summed E-state index contributed by atoms with van der Waals surface area (Å²) < 4.78 is 298. The van der Waals surface area contributed by atoms with Crippen molar-refractivity contribution in [3.05, 3.63) is 0 Å². The average molecular weight is 632 g/mol. The Balaban J connectivity index is 2.35. The van der Waals surface area contributed by atoms with Crippen molar-refractivity contribution in [3.63, 3.8) is 0 Å². The molecule has 0 bridgehead atoms. The molecule has 2 saturated carbocycles. The number of hydrogen-bond donors (Lipinski definition) is 0. The Labute approximate surface area is 200 Å². The summed E-state index contributed by atoms with van der Waals surface area (Å²) in [6.07, 6.45) is -12.1. The number of rotatable bonds is 6. The van der Waals surface area contributed by atoms with Crippen molar-refractivity contribution in [1.82, 2.24) is 0 Å². The fraction of sp³-hybridized carbons (Fsp3) is 1.00. The molecule has 0 N–H and O–H groups in total. The van der Waals surface area contributed by atoms with Gasteiger partial charge in [-0.05, 0) is 25.7 Å². The Morgan fingerprint density at radius 1 is 0.205 bits per heavy atom. The van der Waals surface area contributed by atoms with Crippen molar-refractivity contribution in [2.75, 3.05) is 0 Å². The van der Waals surface area contributed by atoms with E-state index in [1.54, 1.807) is 0 Å². The lowest BCUT2D eigenvalue weighted by Gasteiger charge is -2.53. The van der Waals surface area contributed by atoms with Crippen LogP contribution in [0.25, 0.3) is 0 Å². The first kappa shape index (κ1) is 33.7. The van der Waals surface area contributed by atoms with Crippen molar-refractivity contribution in [2.45, 2.75) is 103 Å². The van der Waals surface area contributed by atoms with E-state index in [1.165, 1.54) is 0 Å². The molecule has 0 aromatic heterocycles. The number of halogens is 22. The van der Waals surface area contributed by atoms with E-state index < -0.39 is 103 Å². The molecular formula is C17H10F22. The van der Waals surface area contributed by atoms with Gasteiger partial charge in [0.25, 0.3) is 0 Å². The van der Waals surface area contributed by atoms with Crippen LogP contribution in [-0.4, -0.2) is 70.6 Å². The normalized spacial score (nSPS) is 32.8. The highest BCUT2D eigenvalue weighted by molar-refractivity contribution is 5.27. The Kier molecular flexibility index (Phi) is 6.95. The van der Waals surface area contributed by atoms with E-state index in [2.05, 4.69) is 0 Å². The molecule has 0 aromatic carbocycles. The van der Waals surface area contributed by atoms with E-state index in [0.29, 0.717) is 0 Å². The average Bonchev–Trinajstić information content (AvgIpc) is 2.75. The van der Waals surface area contributed by atoms with Gasteiger partial charge in [-0.15, -0.1) is 0 Å². The van der Waals surface area contributed by atoms with Crippen LogP contribution in [0.5, 0.6) is 0 Å². The zero-order valence-electron chi connectivity index (χ0n) is 17.9. The van der Waals surface area contributed by atoms with Crippen LogP contribution in [0.1, 0.15) is 32.1 Å². The molecule has 39 heavy (non-hydrogen) atoms. The van der Waals surface area contributed by atoms with Crippen molar-refractivity contribution in [3.8, 4) is 0 Å². The molecule has 2 aliphatic carbocycles. The van der Waals surface area contributed by atoms with Crippen LogP contribution >= 0.6 is 0 Å². The molecule has 0 amide bonds. The maximum atomic E-state index is 14.5. The van der Waals surface area contributed by atoms with Gasteiger partial charge in [-0.3, -0.25) is 0 Å². The minimum atomic E-state index is -7.58. The summed E-state index contributed by atoms with van der Waals surface area (Å²) in [4.78, 5) is 0. The Morgan fingerprint density at radius 3 is 0.538 bits per heavy atom. The molecule has 0 unspecified atom stereocenters. The number of hydrogen-bond acceptors (Lipinski definition) is 0. The zero-order chi connectivity index (χ0) is 31.5. The largest absolute Gasteiger partial charge is 0.384 e. The number of alkyl halides is 22. The van der Waals surface area contributed by atoms with Gasteiger partial charge in [-0.25, -0.2) is 8.78 Å². The van der Waals surface area contributed by atoms with Crippen LogP contribution in [0.15, 0.2) is 0 Å². The van der Waals surface area contributed by atoms with Crippen LogP contribution in [-0.2, 0) is 0 Å². The van der Waals surface area contributed by atoms with Gasteiger partial charge in [0.05, 0.1) is 0 Å². The predicted molar refractivity (Wildman–Crippen MR) is 80.2 cm³/mol. The van der Waals surface area contributed by atoms with E-state index in [0.717, 1.165) is 0 Å². The topological polar surface area (TPSA) is 0 Å². The fourth-order valence-corrected chi connectivity index (χ4v) is 4.11. The molecule has 2 fully saturated rings. The second kappa shape index (κ2) is 8.05. The Morgan fingerprint density at radius 2 is 0.359 bits per heavy atom. The first-order valence-electron chi connectivity index (χ1n) is 9.86. The smallest absolute Gasteiger partial charge is 0.230 e. The highest BCUT2D eigenvalue weighted by Gasteiger charge is 3.02. The standard InChI is InChI=1S/C17H10F22/c18-6(8(20,21)12(28,29)16(36,37)13(30,31)9(6,22)23)4-2-1-3-5-7(19)10(24,25)14(32,33)17(38,39)15(34,35)11(7,26)27/h1-5H2. The molecule has 0 aliphatic heterocycles. The van der Waals surface area contributed by atoms with E-state index in [9.17, 15) is 96.6 Å². The van der Waals surface area contributed by atoms with Crippen molar-refractivity contribution < 1.29 is 96.6 Å². The minimum absolute atomic E-state index is 1.82. The molecule has 0 aromatic rings. The fourth-order valence-electron chi connectivity index (χ4n) is 4.11. The molecule has 0 atom stereocenters. The lowest BCUT2D eigenvalue weighted by atomic mass is 9.69. The van der Waals surface area contributed by atoms with Gasteiger partial charge in [0.2, 0.25) is 11.3 Å². The lowest BCUT2D eigenvalue weighted by molar-refractivity contribution is -0.486. The Bertz CT molecular complexity index is 824. The molecular weight excluding hydrogens is 622 g/mol. The maximum absolute atomic E-state index is 14.5. The lowest BCUT2D eigenvalue weighted by Crippen LogP contribution is -2.83. The van der Waals surface area contributed by atoms with Crippen LogP contribution in [0.2, 0.25) is 0 Å². The van der Waals surface area contributed by atoms with Gasteiger partial charge >= 0.3 is 59.2 Å². The second-order valence-corrected chi connectivity index (χ2v) is 8.91. The molecule has 22 heteroatoms. The maximum Gasteiger partial charge on any atom is 0.384 e. The summed E-state index contributed by atoms with van der Waals surface area (Å²) in [6.45, 7) is 0. The van der Waals surface area contributed by atoms with Gasteiger partial charge in [-0.2, -0.15) is 87.8 Å². The summed E-state index contributed by atoms with van der Waals surface area (Å²) >= 11 is 0. The molecule has 0 radical (unpaired) electrons. The molecule has 0 spiro atoms. The minimum Gasteiger partial charge on any atom is -0.230 e. The molecule has 0 saturated heterocycles. The quantitative estimate of drug-likeness (QED) is 0.203. The van der Waals surface area contributed by atoms with Crippen LogP contribution in [0, 0.1) is 0 Å². The molecule has 232 valence electrons. The van der Waals surface area contributed by atoms with Gasteiger partial charge in [-0.1, -0.05) is 6.42 Å². The molecule has 0 heterocycles. The third kappa shape index (κ3) is 3.19. The van der Waals surface area contributed by atoms with E-state index in [4.69, 9.17) is 0 Å². The highest BCUT2D eigenvalue weighted by atomic mass is 19.4. The summed E-state index contributed by atoms with van der Waals surface area (Å²) in [5.74, 6) is -74.6. The van der Waals surface area contributed by atoms with E-state index in [1.807, 2.05) is 0 Å². The molecule has 2 aliphatic rings. The van der Waals surface area contributed by atoms with Gasteiger partial charge < -0.3 is 0 Å². The molecule has 0 nitrogen and oxygen atoms in total. The third-order valence-electron chi connectivity index (χ3n) is 6.69. The van der Waals surface area contributed by atoms with Crippen LogP contribution < -0.4 is 0 Å². The summed E-state index contributed by atoms with van der Waals surface area (Å²) in [7, 11) is 0. The van der Waals surface area contributed by atoms with Gasteiger partial charge in [0.15, 0.2) is 0 Å². The summed E-state index contributed by atoms with van der Waals surface area (Å²) in [6, 6.07) is 0.